The molecule has 0 unspecified atom stereocenters. The summed E-state index contributed by atoms with van der Waals surface area (Å²) in [5, 5.41) is -0.154. The van der Waals surface area contributed by atoms with E-state index in [4.69, 9.17) is 9.47 Å². The maximum atomic E-state index is 13.6. The Kier molecular flexibility index (Phi) is 4.92. The number of nitrogens with zero attached hydrogens (tertiary/aromatic N) is 2. The molecule has 3 aliphatic rings. The molecule has 1 spiro atoms. The molecule has 3 heterocycles. The van der Waals surface area contributed by atoms with Crippen LogP contribution in [0.15, 0.2) is 18.3 Å². The molecule has 26 heavy (non-hydrogen) atoms. The fourth-order valence-corrected chi connectivity index (χ4v) is 6.06. The summed E-state index contributed by atoms with van der Waals surface area (Å²) in [6.45, 7) is 2.14. The number of ether oxygens (including phenoxy) is 2. The largest absolute Gasteiger partial charge is 0.476 e. The van der Waals surface area contributed by atoms with Crippen molar-refractivity contribution in [1.29, 1.82) is 0 Å². The predicted octanol–water partition coefficient (Wildman–Crippen LogP) is 2.35. The molecular weight excluding hydrogens is 359 g/mol. The maximum Gasteiger partial charge on any atom is 0.250 e. The van der Waals surface area contributed by atoms with E-state index in [1.54, 1.807) is 4.31 Å². The van der Waals surface area contributed by atoms with Crippen molar-refractivity contribution in [2.45, 2.75) is 49.4 Å². The first kappa shape index (κ1) is 18.1. The van der Waals surface area contributed by atoms with Crippen molar-refractivity contribution < 1.29 is 22.3 Å². The number of pyridine rings is 1. The van der Waals surface area contributed by atoms with Crippen LogP contribution in [0.25, 0.3) is 0 Å². The van der Waals surface area contributed by atoms with E-state index in [1.165, 1.54) is 18.3 Å². The lowest BCUT2D eigenvalue weighted by Crippen LogP contribution is -2.50. The van der Waals surface area contributed by atoms with Gasteiger partial charge >= 0.3 is 0 Å². The molecule has 0 amide bonds. The Labute approximate surface area is 153 Å². The van der Waals surface area contributed by atoms with Gasteiger partial charge in [-0.25, -0.2) is 22.1 Å². The summed E-state index contributed by atoms with van der Waals surface area (Å²) in [4.78, 5) is 3.90. The van der Waals surface area contributed by atoms with Crippen LogP contribution in [0.5, 0.6) is 5.88 Å². The van der Waals surface area contributed by atoms with Gasteiger partial charge in [-0.1, -0.05) is 0 Å². The van der Waals surface area contributed by atoms with Crippen molar-refractivity contribution >= 4 is 10.0 Å². The Hall–Kier alpha value is -1.25. The van der Waals surface area contributed by atoms with Gasteiger partial charge in [0, 0.05) is 25.9 Å². The molecule has 144 valence electrons. The first-order valence-corrected chi connectivity index (χ1v) is 10.9. The van der Waals surface area contributed by atoms with E-state index in [-0.39, 0.29) is 16.7 Å². The smallest absolute Gasteiger partial charge is 0.250 e. The fourth-order valence-electron chi connectivity index (χ4n) is 4.22. The van der Waals surface area contributed by atoms with Crippen LogP contribution in [0.3, 0.4) is 0 Å². The molecule has 1 aliphatic carbocycles. The van der Waals surface area contributed by atoms with E-state index in [0.29, 0.717) is 32.2 Å². The Morgan fingerprint density at radius 3 is 2.77 bits per heavy atom. The molecule has 8 heteroatoms. The molecule has 1 aromatic rings. The van der Waals surface area contributed by atoms with Crippen LogP contribution in [0.2, 0.25) is 0 Å². The molecule has 3 fully saturated rings. The number of rotatable bonds is 6. The van der Waals surface area contributed by atoms with E-state index in [1.807, 2.05) is 0 Å². The average molecular weight is 384 g/mol. The number of sulfonamides is 1. The van der Waals surface area contributed by atoms with Gasteiger partial charge in [0.15, 0.2) is 5.82 Å². The summed E-state index contributed by atoms with van der Waals surface area (Å²) in [5.74, 6) is -0.116. The van der Waals surface area contributed by atoms with E-state index < -0.39 is 15.8 Å². The van der Waals surface area contributed by atoms with Crippen LogP contribution in [-0.2, 0) is 14.8 Å². The van der Waals surface area contributed by atoms with Gasteiger partial charge in [-0.2, -0.15) is 0 Å². The Bertz CT molecular complexity index is 745. The van der Waals surface area contributed by atoms with Crippen LogP contribution >= 0.6 is 0 Å². The molecule has 0 aromatic carbocycles. The number of hydrogen-bond acceptors (Lipinski definition) is 5. The molecule has 0 bridgehead atoms. The predicted molar refractivity (Wildman–Crippen MR) is 93.8 cm³/mol. The lowest BCUT2D eigenvalue weighted by molar-refractivity contribution is -0.0590. The molecule has 6 nitrogen and oxygen atoms in total. The Morgan fingerprint density at radius 2 is 2.08 bits per heavy atom. The normalized spacial score (nSPS) is 26.3. The number of piperidine rings is 1. The van der Waals surface area contributed by atoms with Gasteiger partial charge in [0.05, 0.1) is 17.5 Å². The van der Waals surface area contributed by atoms with Crippen molar-refractivity contribution in [3.8, 4) is 5.88 Å². The van der Waals surface area contributed by atoms with Crippen LogP contribution in [-0.4, -0.2) is 54.9 Å². The van der Waals surface area contributed by atoms with Gasteiger partial charge in [0.2, 0.25) is 15.9 Å². The average Bonchev–Trinajstić information content (AvgIpc) is 3.43. The van der Waals surface area contributed by atoms with E-state index in [0.717, 1.165) is 38.5 Å². The molecule has 0 N–H and O–H groups in total. The van der Waals surface area contributed by atoms with Gasteiger partial charge in [-0.3, -0.25) is 0 Å². The Morgan fingerprint density at radius 1 is 1.31 bits per heavy atom. The zero-order chi connectivity index (χ0) is 18.2. The molecule has 2 aliphatic heterocycles. The third-order valence-electron chi connectivity index (χ3n) is 5.90. The first-order valence-electron chi connectivity index (χ1n) is 9.37. The second-order valence-electron chi connectivity index (χ2n) is 7.47. The summed E-state index contributed by atoms with van der Waals surface area (Å²) >= 11 is 0. The highest BCUT2D eigenvalue weighted by Gasteiger charge is 2.49. The number of hydrogen-bond donors (Lipinski definition) is 0. The van der Waals surface area contributed by atoms with Crippen molar-refractivity contribution in [3.63, 3.8) is 0 Å². The topological polar surface area (TPSA) is 68.7 Å². The standard InChI is InChI=1S/C18H25FN2O4S/c19-16-2-1-9-20-17(16)24-12-5-14-6-13-25-18(14)7-10-21(11-8-18)26(22,23)15-3-4-15/h1-2,9,14-15H,3-8,10-13H2/t14-/m0/s1. The SMILES string of the molecule is O=S(=O)(C1CC1)N1CCC2(CC1)OCC[C@@H]2CCOc1ncccc1F. The van der Waals surface area contributed by atoms with Crippen LogP contribution in [0.4, 0.5) is 4.39 Å². The molecule has 1 saturated carbocycles. The van der Waals surface area contributed by atoms with Crippen molar-refractivity contribution in [2.24, 2.45) is 5.92 Å². The highest BCUT2D eigenvalue weighted by atomic mass is 32.2. The summed E-state index contributed by atoms with van der Waals surface area (Å²) in [6.07, 6.45) is 6.24. The van der Waals surface area contributed by atoms with Gasteiger partial charge < -0.3 is 9.47 Å². The number of halogens is 1. The molecule has 2 saturated heterocycles. The second-order valence-corrected chi connectivity index (χ2v) is 9.68. The molecule has 0 radical (unpaired) electrons. The molecular formula is C18H25FN2O4S. The van der Waals surface area contributed by atoms with Gasteiger partial charge in [0.1, 0.15) is 0 Å². The Balaban J connectivity index is 1.33. The van der Waals surface area contributed by atoms with Crippen molar-refractivity contribution in [2.75, 3.05) is 26.3 Å². The van der Waals surface area contributed by atoms with E-state index >= 15 is 0 Å². The van der Waals surface area contributed by atoms with Gasteiger partial charge in [-0.05, 0) is 56.6 Å². The number of aromatic nitrogens is 1. The maximum absolute atomic E-state index is 13.6. The quantitative estimate of drug-likeness (QED) is 0.753. The lowest BCUT2D eigenvalue weighted by atomic mass is 9.78. The van der Waals surface area contributed by atoms with Crippen LogP contribution in [0, 0.1) is 11.7 Å². The second kappa shape index (κ2) is 7.05. The summed E-state index contributed by atoms with van der Waals surface area (Å²) in [5.41, 5.74) is -0.262. The van der Waals surface area contributed by atoms with Gasteiger partial charge in [-0.15, -0.1) is 0 Å². The monoisotopic (exact) mass is 384 g/mol. The fraction of sp³-hybridized carbons (Fsp3) is 0.722. The minimum Gasteiger partial charge on any atom is -0.476 e. The molecule has 1 aromatic heterocycles. The minimum absolute atomic E-state index is 0.0332. The van der Waals surface area contributed by atoms with Crippen molar-refractivity contribution in [1.82, 2.24) is 9.29 Å². The zero-order valence-electron chi connectivity index (χ0n) is 14.8. The van der Waals surface area contributed by atoms with E-state index in [2.05, 4.69) is 4.98 Å². The highest BCUT2D eigenvalue weighted by molar-refractivity contribution is 7.90. The molecule has 1 atom stereocenters. The van der Waals surface area contributed by atoms with Crippen molar-refractivity contribution in [3.05, 3.63) is 24.1 Å². The third-order valence-corrected chi connectivity index (χ3v) is 8.30. The summed E-state index contributed by atoms with van der Waals surface area (Å²) in [7, 11) is -3.11. The zero-order valence-corrected chi connectivity index (χ0v) is 15.6. The lowest BCUT2D eigenvalue weighted by Gasteiger charge is -2.41. The van der Waals surface area contributed by atoms with Crippen LogP contribution < -0.4 is 4.74 Å². The third kappa shape index (κ3) is 3.46. The van der Waals surface area contributed by atoms with Crippen LogP contribution in [0.1, 0.15) is 38.5 Å². The van der Waals surface area contributed by atoms with E-state index in [9.17, 15) is 12.8 Å². The first-order chi connectivity index (χ1) is 12.5. The summed E-state index contributed by atoms with van der Waals surface area (Å²) in [6, 6.07) is 2.87. The van der Waals surface area contributed by atoms with Gasteiger partial charge in [0.25, 0.3) is 0 Å². The minimum atomic E-state index is -3.11. The summed E-state index contributed by atoms with van der Waals surface area (Å²) < 4.78 is 51.7. The highest BCUT2D eigenvalue weighted by Crippen LogP contribution is 2.44. The molecule has 4 rings (SSSR count).